The van der Waals surface area contributed by atoms with Crippen LogP contribution in [0.1, 0.15) is 27.2 Å². The molecule has 0 unspecified atom stereocenters. The van der Waals surface area contributed by atoms with Gasteiger partial charge in [0.25, 0.3) is 0 Å². The highest BCUT2D eigenvalue weighted by molar-refractivity contribution is 5.99. The molecule has 0 spiro atoms. The number of amides is 1. The first kappa shape index (κ1) is 12.0. The second kappa shape index (κ2) is 4.40. The van der Waals surface area contributed by atoms with Gasteiger partial charge in [-0.3, -0.25) is 4.79 Å². The Bertz CT molecular complexity index is 420. The Kier molecular flexibility index (Phi) is 3.09. The SMILES string of the molecule is CC(C)(C)C(=O)N1CCCNc2ccccc21. The van der Waals surface area contributed by atoms with E-state index in [0.29, 0.717) is 0 Å². The molecule has 1 aliphatic heterocycles. The van der Waals surface area contributed by atoms with Gasteiger partial charge in [-0.2, -0.15) is 0 Å². The fraction of sp³-hybridized carbons (Fsp3) is 0.500. The van der Waals surface area contributed by atoms with E-state index in [1.165, 1.54) is 0 Å². The van der Waals surface area contributed by atoms with Gasteiger partial charge in [0, 0.05) is 18.5 Å². The zero-order chi connectivity index (χ0) is 12.5. The third-order valence-electron chi connectivity index (χ3n) is 2.96. The predicted octanol–water partition coefficient (Wildman–Crippen LogP) is 2.88. The third kappa shape index (κ3) is 2.43. The van der Waals surface area contributed by atoms with E-state index in [4.69, 9.17) is 0 Å². The molecule has 1 amide bonds. The average molecular weight is 232 g/mol. The van der Waals surface area contributed by atoms with Gasteiger partial charge in [-0.05, 0) is 18.6 Å². The summed E-state index contributed by atoms with van der Waals surface area (Å²) in [5.41, 5.74) is 1.73. The van der Waals surface area contributed by atoms with E-state index in [-0.39, 0.29) is 11.3 Å². The fourth-order valence-electron chi connectivity index (χ4n) is 2.05. The Morgan fingerprint density at radius 3 is 2.71 bits per heavy atom. The largest absolute Gasteiger partial charge is 0.383 e. The van der Waals surface area contributed by atoms with Crippen molar-refractivity contribution in [1.82, 2.24) is 0 Å². The summed E-state index contributed by atoms with van der Waals surface area (Å²) in [5, 5.41) is 3.37. The lowest BCUT2D eigenvalue weighted by atomic mass is 9.94. The molecule has 1 aliphatic rings. The van der Waals surface area contributed by atoms with Crippen molar-refractivity contribution in [2.45, 2.75) is 27.2 Å². The van der Waals surface area contributed by atoms with Crippen LogP contribution in [0, 0.1) is 5.41 Å². The molecular formula is C14H20N2O. The number of benzene rings is 1. The molecule has 3 heteroatoms. The van der Waals surface area contributed by atoms with E-state index >= 15 is 0 Å². The minimum atomic E-state index is -0.336. The zero-order valence-corrected chi connectivity index (χ0v) is 10.8. The molecule has 0 aliphatic carbocycles. The van der Waals surface area contributed by atoms with E-state index in [1.807, 2.05) is 49.9 Å². The van der Waals surface area contributed by atoms with Gasteiger partial charge in [0.15, 0.2) is 0 Å². The molecule has 1 aromatic rings. The monoisotopic (exact) mass is 232 g/mol. The molecule has 1 aromatic carbocycles. The summed E-state index contributed by atoms with van der Waals surface area (Å²) in [6.07, 6.45) is 0.983. The van der Waals surface area contributed by atoms with E-state index < -0.39 is 0 Å². The molecule has 0 bridgehead atoms. The number of fused-ring (bicyclic) bond motifs is 1. The van der Waals surface area contributed by atoms with Gasteiger partial charge < -0.3 is 10.2 Å². The molecular weight excluding hydrogens is 212 g/mol. The van der Waals surface area contributed by atoms with Crippen molar-refractivity contribution in [3.8, 4) is 0 Å². The number of nitrogens with one attached hydrogen (secondary N) is 1. The standard InChI is InChI=1S/C14H20N2O/c1-14(2,3)13(17)16-10-6-9-15-11-7-4-5-8-12(11)16/h4-5,7-8,15H,6,9-10H2,1-3H3. The van der Waals surface area contributed by atoms with Crippen LogP contribution in [0.25, 0.3) is 0 Å². The zero-order valence-electron chi connectivity index (χ0n) is 10.8. The number of carbonyl (C=O) groups excluding carboxylic acids is 1. The molecule has 0 radical (unpaired) electrons. The number of carbonyl (C=O) groups is 1. The van der Waals surface area contributed by atoms with Crippen molar-refractivity contribution in [2.75, 3.05) is 23.3 Å². The number of para-hydroxylation sites is 2. The van der Waals surface area contributed by atoms with Crippen molar-refractivity contribution < 1.29 is 4.79 Å². The summed E-state index contributed by atoms with van der Waals surface area (Å²) < 4.78 is 0. The summed E-state index contributed by atoms with van der Waals surface area (Å²) in [4.78, 5) is 14.3. The van der Waals surface area contributed by atoms with E-state index in [9.17, 15) is 4.79 Å². The van der Waals surface area contributed by atoms with Crippen molar-refractivity contribution in [1.29, 1.82) is 0 Å². The second-order valence-electron chi connectivity index (χ2n) is 5.50. The lowest BCUT2D eigenvalue weighted by Gasteiger charge is -2.29. The Morgan fingerprint density at radius 2 is 2.00 bits per heavy atom. The Hall–Kier alpha value is -1.51. The number of hydrogen-bond donors (Lipinski definition) is 1. The maximum Gasteiger partial charge on any atom is 0.232 e. The molecule has 92 valence electrons. The molecule has 2 rings (SSSR count). The van der Waals surface area contributed by atoms with Crippen LogP contribution in [-0.2, 0) is 4.79 Å². The molecule has 1 heterocycles. The van der Waals surface area contributed by atoms with Crippen molar-refractivity contribution in [3.63, 3.8) is 0 Å². The average Bonchev–Trinajstić information content (AvgIpc) is 2.48. The van der Waals surface area contributed by atoms with Crippen LogP contribution in [0.5, 0.6) is 0 Å². The lowest BCUT2D eigenvalue weighted by molar-refractivity contribution is -0.125. The number of anilines is 2. The first-order chi connectivity index (χ1) is 8.00. The van der Waals surface area contributed by atoms with Gasteiger partial charge in [0.1, 0.15) is 0 Å². The molecule has 0 saturated heterocycles. The Labute approximate surface area is 103 Å². The highest BCUT2D eigenvalue weighted by Gasteiger charge is 2.29. The number of nitrogens with zero attached hydrogens (tertiary/aromatic N) is 1. The maximum absolute atomic E-state index is 12.4. The highest BCUT2D eigenvalue weighted by Crippen LogP contribution is 2.31. The molecule has 1 N–H and O–H groups in total. The van der Waals surface area contributed by atoms with Crippen LogP contribution in [0.4, 0.5) is 11.4 Å². The summed E-state index contributed by atoms with van der Waals surface area (Å²) in [7, 11) is 0. The minimum Gasteiger partial charge on any atom is -0.383 e. The molecule has 0 saturated carbocycles. The van der Waals surface area contributed by atoms with Gasteiger partial charge in [-0.25, -0.2) is 0 Å². The minimum absolute atomic E-state index is 0.189. The summed E-state index contributed by atoms with van der Waals surface area (Å²) in [6.45, 7) is 7.62. The molecule has 0 atom stereocenters. The van der Waals surface area contributed by atoms with Gasteiger partial charge >= 0.3 is 0 Å². The maximum atomic E-state index is 12.4. The van der Waals surface area contributed by atoms with Crippen LogP contribution in [-0.4, -0.2) is 19.0 Å². The summed E-state index contributed by atoms with van der Waals surface area (Å²) in [5.74, 6) is 0.189. The van der Waals surface area contributed by atoms with Crippen LogP contribution < -0.4 is 10.2 Å². The van der Waals surface area contributed by atoms with Gasteiger partial charge in [0.05, 0.1) is 11.4 Å². The van der Waals surface area contributed by atoms with Crippen molar-refractivity contribution in [2.24, 2.45) is 5.41 Å². The second-order valence-corrected chi connectivity index (χ2v) is 5.50. The van der Waals surface area contributed by atoms with Crippen LogP contribution in [0.15, 0.2) is 24.3 Å². The van der Waals surface area contributed by atoms with Crippen LogP contribution in [0.2, 0.25) is 0 Å². The molecule has 0 fully saturated rings. The molecule has 17 heavy (non-hydrogen) atoms. The van der Waals surface area contributed by atoms with Crippen molar-refractivity contribution in [3.05, 3.63) is 24.3 Å². The smallest absolute Gasteiger partial charge is 0.232 e. The van der Waals surface area contributed by atoms with Crippen LogP contribution >= 0.6 is 0 Å². The predicted molar refractivity (Wildman–Crippen MR) is 71.4 cm³/mol. The highest BCUT2D eigenvalue weighted by atomic mass is 16.2. The normalized spacial score (nSPS) is 15.8. The Balaban J connectivity index is 2.38. The lowest BCUT2D eigenvalue weighted by Crippen LogP contribution is -2.40. The molecule has 3 nitrogen and oxygen atoms in total. The number of rotatable bonds is 0. The van der Waals surface area contributed by atoms with E-state index in [0.717, 1.165) is 30.9 Å². The first-order valence-corrected chi connectivity index (χ1v) is 6.15. The van der Waals surface area contributed by atoms with Crippen LogP contribution in [0.3, 0.4) is 0 Å². The first-order valence-electron chi connectivity index (χ1n) is 6.15. The third-order valence-corrected chi connectivity index (χ3v) is 2.96. The number of hydrogen-bond acceptors (Lipinski definition) is 2. The fourth-order valence-corrected chi connectivity index (χ4v) is 2.05. The van der Waals surface area contributed by atoms with Gasteiger partial charge in [-0.1, -0.05) is 32.9 Å². The van der Waals surface area contributed by atoms with E-state index in [2.05, 4.69) is 5.32 Å². The van der Waals surface area contributed by atoms with Crippen molar-refractivity contribution >= 4 is 17.3 Å². The summed E-state index contributed by atoms with van der Waals surface area (Å²) >= 11 is 0. The topological polar surface area (TPSA) is 32.3 Å². The van der Waals surface area contributed by atoms with E-state index in [1.54, 1.807) is 0 Å². The Morgan fingerprint density at radius 1 is 1.29 bits per heavy atom. The van der Waals surface area contributed by atoms with Gasteiger partial charge in [-0.15, -0.1) is 0 Å². The van der Waals surface area contributed by atoms with Gasteiger partial charge in [0.2, 0.25) is 5.91 Å². The quantitative estimate of drug-likeness (QED) is 0.746. The molecule has 0 aromatic heterocycles. The summed E-state index contributed by atoms with van der Waals surface area (Å²) in [6, 6.07) is 8.02.